The van der Waals surface area contributed by atoms with E-state index in [1.165, 1.54) is 6.33 Å². The van der Waals surface area contributed by atoms with E-state index in [0.29, 0.717) is 32.9 Å². The van der Waals surface area contributed by atoms with Crippen molar-refractivity contribution >= 4 is 52.1 Å². The minimum Gasteiger partial charge on any atom is -0.497 e. The second-order valence-electron chi connectivity index (χ2n) is 5.55. The van der Waals surface area contributed by atoms with Crippen LogP contribution in [0, 0.1) is 0 Å². The highest BCUT2D eigenvalue weighted by Crippen LogP contribution is 2.29. The zero-order chi connectivity index (χ0) is 20.1. The number of rotatable bonds is 6. The third-order valence-corrected chi connectivity index (χ3v) is 4.45. The van der Waals surface area contributed by atoms with Gasteiger partial charge in [-0.2, -0.15) is 0 Å². The summed E-state index contributed by atoms with van der Waals surface area (Å²) in [7, 11) is 1.55. The molecule has 3 rings (SSSR count). The van der Waals surface area contributed by atoms with Crippen molar-refractivity contribution in [2.75, 3.05) is 23.6 Å². The van der Waals surface area contributed by atoms with Crippen LogP contribution in [0.15, 0.2) is 48.8 Å². The Balaban J connectivity index is 1.69. The van der Waals surface area contributed by atoms with Crippen LogP contribution in [0.4, 0.5) is 23.0 Å². The number of hydrogen-bond donors (Lipinski definition) is 4. The number of nitrogen functional groups attached to an aromatic ring is 1. The number of nitrogens with one attached hydrogen (secondary N) is 3. The van der Waals surface area contributed by atoms with E-state index in [1.807, 2.05) is 0 Å². The molecule has 3 aromatic rings. The minimum absolute atomic E-state index is 0.212. The van der Waals surface area contributed by atoms with Crippen LogP contribution in [0.3, 0.4) is 0 Å². The van der Waals surface area contributed by atoms with E-state index in [4.69, 9.17) is 33.7 Å². The molecule has 10 heteroatoms. The van der Waals surface area contributed by atoms with Crippen LogP contribution >= 0.6 is 23.2 Å². The zero-order valence-electron chi connectivity index (χ0n) is 14.7. The van der Waals surface area contributed by atoms with E-state index in [1.54, 1.807) is 49.6 Å². The Hall–Kier alpha value is -3.23. The quantitative estimate of drug-likeness (QED) is 0.449. The molecule has 0 saturated carbocycles. The van der Waals surface area contributed by atoms with Crippen molar-refractivity contribution in [3.8, 4) is 5.75 Å². The molecule has 28 heavy (non-hydrogen) atoms. The first kappa shape index (κ1) is 19.5. The fourth-order valence-corrected chi connectivity index (χ4v) is 2.53. The summed E-state index contributed by atoms with van der Waals surface area (Å²) in [4.78, 5) is 20.4. The summed E-state index contributed by atoms with van der Waals surface area (Å²) < 4.78 is 5.07. The molecule has 0 saturated heterocycles. The average Bonchev–Trinajstić information content (AvgIpc) is 2.71. The van der Waals surface area contributed by atoms with Gasteiger partial charge in [-0.1, -0.05) is 23.2 Å². The number of hydrazine groups is 1. The van der Waals surface area contributed by atoms with Crippen molar-refractivity contribution in [2.24, 2.45) is 0 Å². The first-order valence-corrected chi connectivity index (χ1v) is 8.76. The van der Waals surface area contributed by atoms with Crippen LogP contribution in [-0.4, -0.2) is 23.0 Å². The van der Waals surface area contributed by atoms with Crippen molar-refractivity contribution in [3.05, 3.63) is 64.4 Å². The van der Waals surface area contributed by atoms with Gasteiger partial charge in [0.2, 0.25) is 0 Å². The highest BCUT2D eigenvalue weighted by molar-refractivity contribution is 6.42. The number of carbonyl (C=O) groups excluding carboxylic acids is 1. The lowest BCUT2D eigenvalue weighted by Gasteiger charge is -2.13. The molecule has 5 N–H and O–H groups in total. The summed E-state index contributed by atoms with van der Waals surface area (Å²) in [5.41, 5.74) is 12.6. The number of carbonyl (C=O) groups is 1. The van der Waals surface area contributed by atoms with E-state index < -0.39 is 0 Å². The number of nitrogens with zero attached hydrogens (tertiary/aromatic N) is 2. The van der Waals surface area contributed by atoms with Crippen molar-refractivity contribution in [2.45, 2.75) is 0 Å². The molecule has 0 atom stereocenters. The van der Waals surface area contributed by atoms with Gasteiger partial charge in [0, 0.05) is 11.3 Å². The number of hydrogen-bond acceptors (Lipinski definition) is 7. The molecule has 0 bridgehead atoms. The maximum Gasteiger partial charge on any atom is 0.269 e. The highest BCUT2D eigenvalue weighted by atomic mass is 35.5. The van der Waals surface area contributed by atoms with Crippen molar-refractivity contribution in [3.63, 3.8) is 0 Å². The second-order valence-corrected chi connectivity index (χ2v) is 6.36. The molecule has 1 heterocycles. The molecule has 0 fully saturated rings. The van der Waals surface area contributed by atoms with E-state index in [9.17, 15) is 4.79 Å². The summed E-state index contributed by atoms with van der Waals surface area (Å²) in [5.74, 6) is 0.872. The Labute approximate surface area is 171 Å². The number of amides is 1. The van der Waals surface area contributed by atoms with Crippen molar-refractivity contribution < 1.29 is 9.53 Å². The highest BCUT2D eigenvalue weighted by Gasteiger charge is 2.11. The molecular formula is C18H16Cl2N6O2. The molecule has 0 unspecified atom stereocenters. The van der Waals surface area contributed by atoms with Crippen LogP contribution < -0.4 is 26.6 Å². The lowest BCUT2D eigenvalue weighted by atomic mass is 10.2. The van der Waals surface area contributed by atoms with Gasteiger partial charge in [-0.05, 0) is 42.5 Å². The maximum atomic E-state index is 12.2. The third-order valence-electron chi connectivity index (χ3n) is 3.71. The Morgan fingerprint density at radius 1 is 1.04 bits per heavy atom. The summed E-state index contributed by atoms with van der Waals surface area (Å²) in [6.45, 7) is 0. The summed E-state index contributed by atoms with van der Waals surface area (Å²) in [6, 6.07) is 11.7. The van der Waals surface area contributed by atoms with E-state index in [2.05, 4.69) is 26.1 Å². The molecule has 8 nitrogen and oxygen atoms in total. The van der Waals surface area contributed by atoms with Crippen LogP contribution in [0.5, 0.6) is 5.75 Å². The van der Waals surface area contributed by atoms with Gasteiger partial charge < -0.3 is 15.8 Å². The van der Waals surface area contributed by atoms with Gasteiger partial charge in [-0.25, -0.2) is 9.97 Å². The molecule has 0 aliphatic heterocycles. The van der Waals surface area contributed by atoms with E-state index in [-0.39, 0.29) is 17.4 Å². The van der Waals surface area contributed by atoms with Crippen molar-refractivity contribution in [1.82, 2.24) is 15.4 Å². The molecule has 1 aromatic heterocycles. The molecular weight excluding hydrogens is 403 g/mol. The average molecular weight is 419 g/mol. The maximum absolute atomic E-state index is 12.2. The lowest BCUT2D eigenvalue weighted by Crippen LogP contribution is -2.30. The number of nitrogens with two attached hydrogens (primary N) is 1. The molecule has 0 aliphatic carbocycles. The SMILES string of the molecule is COc1ccc(C(=O)NNc2ncnc(Nc3ccc(Cl)c(Cl)c3)c2N)cc1. The van der Waals surface area contributed by atoms with Crippen LogP contribution in [0.2, 0.25) is 10.0 Å². The summed E-state index contributed by atoms with van der Waals surface area (Å²) >= 11 is 11.9. The lowest BCUT2D eigenvalue weighted by molar-refractivity contribution is 0.0962. The largest absolute Gasteiger partial charge is 0.497 e. The normalized spacial score (nSPS) is 10.2. The third kappa shape index (κ3) is 4.54. The number of aromatic nitrogens is 2. The molecule has 144 valence electrons. The van der Waals surface area contributed by atoms with Gasteiger partial charge >= 0.3 is 0 Å². The number of halogens is 2. The topological polar surface area (TPSA) is 114 Å². The fourth-order valence-electron chi connectivity index (χ4n) is 2.24. The van der Waals surface area contributed by atoms with Gasteiger partial charge in [-0.15, -0.1) is 0 Å². The van der Waals surface area contributed by atoms with Gasteiger partial charge in [0.15, 0.2) is 11.6 Å². The number of benzene rings is 2. The molecule has 0 aliphatic rings. The first-order valence-electron chi connectivity index (χ1n) is 8.01. The van der Waals surface area contributed by atoms with Crippen LogP contribution in [0.1, 0.15) is 10.4 Å². The molecule has 1 amide bonds. The predicted octanol–water partition coefficient (Wildman–Crippen LogP) is 3.87. The Morgan fingerprint density at radius 3 is 2.43 bits per heavy atom. The summed E-state index contributed by atoms with van der Waals surface area (Å²) in [5, 5.41) is 3.86. The van der Waals surface area contributed by atoms with Gasteiger partial charge in [0.1, 0.15) is 17.8 Å². The fraction of sp³-hybridized carbons (Fsp3) is 0.0556. The van der Waals surface area contributed by atoms with Gasteiger partial charge in [0.05, 0.1) is 17.2 Å². The second kappa shape index (κ2) is 8.64. The smallest absolute Gasteiger partial charge is 0.269 e. The first-order chi connectivity index (χ1) is 13.5. The standard InChI is InChI=1S/C18H16Cl2N6O2/c1-28-12-5-2-10(3-6-12)18(27)26-25-17-15(21)16(22-9-23-17)24-11-4-7-13(19)14(20)8-11/h2-9H,21H2,1H3,(H,26,27)(H2,22,23,24,25). The van der Waals surface area contributed by atoms with Crippen LogP contribution in [0.25, 0.3) is 0 Å². The summed E-state index contributed by atoms with van der Waals surface area (Å²) in [6.07, 6.45) is 1.30. The molecule has 0 spiro atoms. The minimum atomic E-state index is -0.361. The van der Waals surface area contributed by atoms with Crippen LogP contribution in [-0.2, 0) is 0 Å². The Kier molecular flexibility index (Phi) is 6.03. The monoisotopic (exact) mass is 418 g/mol. The molecule has 2 aromatic carbocycles. The number of ether oxygens (including phenoxy) is 1. The number of anilines is 4. The Morgan fingerprint density at radius 2 is 1.75 bits per heavy atom. The van der Waals surface area contributed by atoms with E-state index >= 15 is 0 Å². The van der Waals surface area contributed by atoms with E-state index in [0.717, 1.165) is 0 Å². The number of methoxy groups -OCH3 is 1. The van der Waals surface area contributed by atoms with Gasteiger partial charge in [0.25, 0.3) is 5.91 Å². The van der Waals surface area contributed by atoms with Crippen molar-refractivity contribution in [1.29, 1.82) is 0 Å². The predicted molar refractivity (Wildman–Crippen MR) is 110 cm³/mol. The zero-order valence-corrected chi connectivity index (χ0v) is 16.2. The Bertz CT molecular complexity index is 998. The van der Waals surface area contributed by atoms with Gasteiger partial charge in [-0.3, -0.25) is 15.6 Å². The molecule has 0 radical (unpaired) electrons.